The van der Waals surface area contributed by atoms with Crippen LogP contribution in [-0.2, 0) is 6.54 Å². The minimum Gasteiger partial charge on any atom is -0.497 e. The van der Waals surface area contributed by atoms with Gasteiger partial charge in [-0.3, -0.25) is 4.90 Å². The smallest absolute Gasteiger partial charge is 0.321 e. The first-order valence-corrected chi connectivity index (χ1v) is 8.62. The van der Waals surface area contributed by atoms with E-state index in [1.165, 1.54) is 11.1 Å². The van der Waals surface area contributed by atoms with Gasteiger partial charge in [0.15, 0.2) is 0 Å². The summed E-state index contributed by atoms with van der Waals surface area (Å²) in [4.78, 5) is 16.7. The number of amides is 2. The van der Waals surface area contributed by atoms with Crippen LogP contribution in [0.2, 0.25) is 0 Å². The number of aryl methyl sites for hydroxylation is 1. The molecule has 25 heavy (non-hydrogen) atoms. The van der Waals surface area contributed by atoms with E-state index in [4.69, 9.17) is 4.74 Å². The highest BCUT2D eigenvalue weighted by Gasteiger charge is 2.21. The summed E-state index contributed by atoms with van der Waals surface area (Å²) in [6.07, 6.45) is 0. The number of carbonyl (C=O) groups excluding carboxylic acids is 1. The molecule has 0 aromatic heterocycles. The molecule has 5 nitrogen and oxygen atoms in total. The van der Waals surface area contributed by atoms with Crippen molar-refractivity contribution in [1.29, 1.82) is 0 Å². The van der Waals surface area contributed by atoms with E-state index in [0.717, 1.165) is 44.2 Å². The Morgan fingerprint density at radius 3 is 2.24 bits per heavy atom. The van der Waals surface area contributed by atoms with Gasteiger partial charge in [-0.05, 0) is 36.8 Å². The van der Waals surface area contributed by atoms with Crippen LogP contribution in [0.1, 0.15) is 11.1 Å². The zero-order chi connectivity index (χ0) is 17.6. The SMILES string of the molecule is COc1ccc(NC(=O)N2CCN(Cc3ccc(C)cc3)CC2)cc1. The molecule has 3 rings (SSSR count). The van der Waals surface area contributed by atoms with Crippen LogP contribution < -0.4 is 10.1 Å². The van der Waals surface area contributed by atoms with Crippen LogP contribution in [0.5, 0.6) is 5.75 Å². The Balaban J connectivity index is 1.47. The summed E-state index contributed by atoms with van der Waals surface area (Å²) in [5.74, 6) is 0.780. The third-order valence-electron chi connectivity index (χ3n) is 4.53. The molecule has 2 aromatic carbocycles. The normalized spacial score (nSPS) is 15.0. The fourth-order valence-corrected chi connectivity index (χ4v) is 2.94. The fraction of sp³-hybridized carbons (Fsp3) is 0.350. The van der Waals surface area contributed by atoms with Gasteiger partial charge in [0.05, 0.1) is 7.11 Å². The van der Waals surface area contributed by atoms with Gasteiger partial charge in [-0.25, -0.2) is 4.79 Å². The minimum absolute atomic E-state index is 0.0415. The molecule has 1 heterocycles. The van der Waals surface area contributed by atoms with E-state index in [1.54, 1.807) is 7.11 Å². The molecule has 0 aliphatic carbocycles. The maximum atomic E-state index is 12.4. The molecule has 2 aromatic rings. The van der Waals surface area contributed by atoms with Gasteiger partial charge in [-0.2, -0.15) is 0 Å². The van der Waals surface area contributed by atoms with Crippen molar-refractivity contribution < 1.29 is 9.53 Å². The average molecular weight is 339 g/mol. The van der Waals surface area contributed by atoms with E-state index in [2.05, 4.69) is 41.4 Å². The molecule has 1 N–H and O–H groups in total. The van der Waals surface area contributed by atoms with Crippen molar-refractivity contribution in [3.8, 4) is 5.75 Å². The van der Waals surface area contributed by atoms with E-state index < -0.39 is 0 Å². The van der Waals surface area contributed by atoms with Gasteiger partial charge >= 0.3 is 6.03 Å². The Kier molecular flexibility index (Phi) is 5.56. The van der Waals surface area contributed by atoms with Crippen molar-refractivity contribution in [2.75, 3.05) is 38.6 Å². The predicted octanol–water partition coefficient (Wildman–Crippen LogP) is 3.35. The number of methoxy groups -OCH3 is 1. The van der Waals surface area contributed by atoms with Gasteiger partial charge < -0.3 is 15.0 Å². The molecule has 2 amide bonds. The number of piperazine rings is 1. The molecule has 0 atom stereocenters. The van der Waals surface area contributed by atoms with Crippen molar-refractivity contribution in [2.45, 2.75) is 13.5 Å². The number of ether oxygens (including phenoxy) is 1. The van der Waals surface area contributed by atoms with Crippen LogP contribution in [0.15, 0.2) is 48.5 Å². The maximum Gasteiger partial charge on any atom is 0.321 e. The molecule has 0 bridgehead atoms. The molecule has 0 saturated carbocycles. The molecule has 0 unspecified atom stereocenters. The van der Waals surface area contributed by atoms with Gasteiger partial charge in [0.25, 0.3) is 0 Å². The second kappa shape index (κ2) is 8.03. The summed E-state index contributed by atoms with van der Waals surface area (Å²) < 4.78 is 5.13. The molecule has 1 aliphatic rings. The second-order valence-electron chi connectivity index (χ2n) is 6.41. The molecule has 5 heteroatoms. The minimum atomic E-state index is -0.0415. The molecule has 0 spiro atoms. The van der Waals surface area contributed by atoms with Crippen molar-refractivity contribution in [1.82, 2.24) is 9.80 Å². The standard InChI is InChI=1S/C20H25N3O2/c1-16-3-5-17(6-4-16)15-22-11-13-23(14-12-22)20(24)21-18-7-9-19(25-2)10-8-18/h3-10H,11-15H2,1-2H3,(H,21,24). The first kappa shape index (κ1) is 17.3. The van der Waals surface area contributed by atoms with Gasteiger partial charge in [-0.1, -0.05) is 29.8 Å². The lowest BCUT2D eigenvalue weighted by atomic mass is 10.1. The number of carbonyl (C=O) groups is 1. The second-order valence-corrected chi connectivity index (χ2v) is 6.41. The maximum absolute atomic E-state index is 12.4. The topological polar surface area (TPSA) is 44.8 Å². The monoisotopic (exact) mass is 339 g/mol. The van der Waals surface area contributed by atoms with Crippen molar-refractivity contribution >= 4 is 11.7 Å². The summed E-state index contributed by atoms with van der Waals surface area (Å²) in [5.41, 5.74) is 3.39. The van der Waals surface area contributed by atoms with Gasteiger partial charge in [0.2, 0.25) is 0 Å². The van der Waals surface area contributed by atoms with Crippen LogP contribution in [0.25, 0.3) is 0 Å². The van der Waals surface area contributed by atoms with Crippen LogP contribution in [-0.4, -0.2) is 49.1 Å². The van der Waals surface area contributed by atoms with E-state index >= 15 is 0 Å². The van der Waals surface area contributed by atoms with Crippen molar-refractivity contribution in [3.63, 3.8) is 0 Å². The van der Waals surface area contributed by atoms with E-state index in [0.29, 0.717) is 0 Å². The molecular weight excluding hydrogens is 314 g/mol. The number of hydrogen-bond acceptors (Lipinski definition) is 3. The largest absolute Gasteiger partial charge is 0.497 e. The zero-order valence-corrected chi connectivity index (χ0v) is 14.9. The molecule has 1 fully saturated rings. The quantitative estimate of drug-likeness (QED) is 0.929. The summed E-state index contributed by atoms with van der Waals surface area (Å²) in [5, 5.41) is 2.95. The van der Waals surface area contributed by atoms with Crippen LogP contribution in [0.4, 0.5) is 10.5 Å². The van der Waals surface area contributed by atoms with Gasteiger partial charge in [0, 0.05) is 38.4 Å². The fourth-order valence-electron chi connectivity index (χ4n) is 2.94. The van der Waals surface area contributed by atoms with E-state index in [1.807, 2.05) is 29.2 Å². The third-order valence-corrected chi connectivity index (χ3v) is 4.53. The first-order chi connectivity index (χ1) is 12.1. The molecule has 1 aliphatic heterocycles. The number of urea groups is 1. The molecule has 1 saturated heterocycles. The number of hydrogen-bond donors (Lipinski definition) is 1. The van der Waals surface area contributed by atoms with Gasteiger partial charge in [-0.15, -0.1) is 0 Å². The Hall–Kier alpha value is -2.53. The number of nitrogens with one attached hydrogen (secondary N) is 1. The number of nitrogens with zero attached hydrogens (tertiary/aromatic N) is 2. The van der Waals surface area contributed by atoms with Gasteiger partial charge in [0.1, 0.15) is 5.75 Å². The summed E-state index contributed by atoms with van der Waals surface area (Å²) in [7, 11) is 1.63. The zero-order valence-electron chi connectivity index (χ0n) is 14.9. The predicted molar refractivity (Wildman–Crippen MR) is 100 cm³/mol. The van der Waals surface area contributed by atoms with Crippen molar-refractivity contribution in [3.05, 3.63) is 59.7 Å². The first-order valence-electron chi connectivity index (χ1n) is 8.62. The number of anilines is 1. The van der Waals surface area contributed by atoms with Crippen LogP contribution in [0, 0.1) is 6.92 Å². The Morgan fingerprint density at radius 2 is 1.64 bits per heavy atom. The van der Waals surface area contributed by atoms with Crippen molar-refractivity contribution in [2.24, 2.45) is 0 Å². The lowest BCUT2D eigenvalue weighted by Crippen LogP contribution is -2.49. The number of benzene rings is 2. The van der Waals surface area contributed by atoms with E-state index in [-0.39, 0.29) is 6.03 Å². The third kappa shape index (κ3) is 4.73. The van der Waals surface area contributed by atoms with Crippen LogP contribution >= 0.6 is 0 Å². The molecule has 0 radical (unpaired) electrons. The number of rotatable bonds is 4. The van der Waals surface area contributed by atoms with Crippen LogP contribution in [0.3, 0.4) is 0 Å². The molecule has 132 valence electrons. The highest BCUT2D eigenvalue weighted by Crippen LogP contribution is 2.16. The Bertz CT molecular complexity index is 690. The Morgan fingerprint density at radius 1 is 1.00 bits per heavy atom. The average Bonchev–Trinajstić information content (AvgIpc) is 2.65. The summed E-state index contributed by atoms with van der Waals surface area (Å²) >= 11 is 0. The summed E-state index contributed by atoms with van der Waals surface area (Å²) in [6, 6.07) is 16.0. The Labute approximate surface area is 149 Å². The lowest BCUT2D eigenvalue weighted by molar-refractivity contribution is 0.143. The molecular formula is C20H25N3O2. The highest BCUT2D eigenvalue weighted by molar-refractivity contribution is 5.89. The highest BCUT2D eigenvalue weighted by atomic mass is 16.5. The lowest BCUT2D eigenvalue weighted by Gasteiger charge is -2.34. The summed E-state index contributed by atoms with van der Waals surface area (Å²) in [6.45, 7) is 6.31. The van der Waals surface area contributed by atoms with E-state index in [9.17, 15) is 4.79 Å².